The molecule has 0 atom stereocenters. The summed E-state index contributed by atoms with van der Waals surface area (Å²) in [4.78, 5) is 29.7. The number of aryl methyl sites for hydroxylation is 2. The van der Waals surface area contributed by atoms with Crippen LogP contribution < -0.4 is 10.4 Å². The SMILES string of the molecule is Cc1ccc(-n2c(C)cc(/C=C3/C(=O)NN(c4ccccc4)C3=O)c2C)nc1. The lowest BCUT2D eigenvalue weighted by atomic mass is 10.1. The average Bonchev–Trinajstić information content (AvgIpc) is 3.13. The van der Waals surface area contributed by atoms with Gasteiger partial charge in [-0.3, -0.25) is 15.0 Å². The van der Waals surface area contributed by atoms with Crippen LogP contribution >= 0.6 is 0 Å². The van der Waals surface area contributed by atoms with Crippen LogP contribution in [0.2, 0.25) is 0 Å². The molecule has 0 bridgehead atoms. The van der Waals surface area contributed by atoms with E-state index in [-0.39, 0.29) is 11.5 Å². The number of aromatic nitrogens is 2. The molecule has 1 aliphatic rings. The Kier molecular flexibility index (Phi) is 4.31. The van der Waals surface area contributed by atoms with Crippen LogP contribution in [0, 0.1) is 20.8 Å². The normalized spacial score (nSPS) is 15.4. The Hall–Kier alpha value is -3.67. The number of nitrogens with zero attached hydrogens (tertiary/aromatic N) is 3. The number of rotatable bonds is 3. The highest BCUT2D eigenvalue weighted by Gasteiger charge is 2.34. The van der Waals surface area contributed by atoms with Crippen LogP contribution in [0.1, 0.15) is 22.5 Å². The molecule has 0 radical (unpaired) electrons. The van der Waals surface area contributed by atoms with Crippen molar-refractivity contribution in [2.24, 2.45) is 0 Å². The Morgan fingerprint density at radius 1 is 1.00 bits per heavy atom. The van der Waals surface area contributed by atoms with Crippen LogP contribution in [-0.4, -0.2) is 21.4 Å². The molecule has 1 saturated heterocycles. The van der Waals surface area contributed by atoms with Gasteiger partial charge in [0, 0.05) is 17.6 Å². The molecule has 6 nitrogen and oxygen atoms in total. The van der Waals surface area contributed by atoms with Gasteiger partial charge >= 0.3 is 0 Å². The number of hydrogen-bond donors (Lipinski definition) is 1. The standard InChI is InChI=1S/C22H20N4O2/c1-14-9-10-20(23-13-14)25-15(2)11-17(16(25)3)12-19-21(27)24-26(22(19)28)18-7-5-4-6-8-18/h4-13H,1-3H3,(H,24,27)/b19-12-. The van der Waals surface area contributed by atoms with Gasteiger partial charge in [0.15, 0.2) is 0 Å². The van der Waals surface area contributed by atoms with Gasteiger partial charge in [-0.05, 0) is 62.2 Å². The summed E-state index contributed by atoms with van der Waals surface area (Å²) in [7, 11) is 0. The second kappa shape index (κ2) is 6.81. The van der Waals surface area contributed by atoms with Crippen molar-refractivity contribution in [3.63, 3.8) is 0 Å². The summed E-state index contributed by atoms with van der Waals surface area (Å²) in [6.07, 6.45) is 3.46. The van der Waals surface area contributed by atoms with Crippen molar-refractivity contribution in [1.82, 2.24) is 15.0 Å². The average molecular weight is 372 g/mol. The van der Waals surface area contributed by atoms with Crippen molar-refractivity contribution >= 4 is 23.6 Å². The largest absolute Gasteiger partial charge is 0.303 e. The van der Waals surface area contributed by atoms with Gasteiger partial charge in [-0.2, -0.15) is 0 Å². The summed E-state index contributed by atoms with van der Waals surface area (Å²) in [5, 5.41) is 1.27. The maximum Gasteiger partial charge on any atom is 0.282 e. The molecule has 0 aliphatic carbocycles. The molecule has 4 rings (SSSR count). The van der Waals surface area contributed by atoms with Gasteiger partial charge in [0.1, 0.15) is 11.4 Å². The van der Waals surface area contributed by atoms with Gasteiger partial charge in [-0.1, -0.05) is 24.3 Å². The lowest BCUT2D eigenvalue weighted by molar-refractivity contribution is -0.117. The van der Waals surface area contributed by atoms with Crippen LogP contribution in [0.5, 0.6) is 0 Å². The van der Waals surface area contributed by atoms with E-state index in [4.69, 9.17) is 0 Å². The summed E-state index contributed by atoms with van der Waals surface area (Å²) < 4.78 is 2.01. The van der Waals surface area contributed by atoms with Crippen molar-refractivity contribution < 1.29 is 9.59 Å². The van der Waals surface area contributed by atoms with Gasteiger partial charge in [-0.15, -0.1) is 0 Å². The van der Waals surface area contributed by atoms with Gasteiger partial charge in [0.25, 0.3) is 11.8 Å². The van der Waals surface area contributed by atoms with E-state index in [1.807, 2.05) is 67.9 Å². The summed E-state index contributed by atoms with van der Waals surface area (Å²) in [6, 6.07) is 15.0. The van der Waals surface area contributed by atoms with Crippen molar-refractivity contribution in [1.29, 1.82) is 0 Å². The first-order chi connectivity index (χ1) is 13.5. The third kappa shape index (κ3) is 2.99. The van der Waals surface area contributed by atoms with Crippen molar-refractivity contribution in [2.45, 2.75) is 20.8 Å². The number of benzene rings is 1. The van der Waals surface area contributed by atoms with Gasteiger partial charge in [-0.25, -0.2) is 9.99 Å². The van der Waals surface area contributed by atoms with E-state index < -0.39 is 5.91 Å². The minimum absolute atomic E-state index is 0.112. The molecule has 1 aromatic carbocycles. The highest BCUT2D eigenvalue weighted by Crippen LogP contribution is 2.25. The van der Waals surface area contributed by atoms with Crippen molar-refractivity contribution in [3.8, 4) is 5.82 Å². The first-order valence-corrected chi connectivity index (χ1v) is 9.00. The fourth-order valence-electron chi connectivity index (χ4n) is 3.35. The molecular formula is C22H20N4O2. The van der Waals surface area contributed by atoms with E-state index in [0.717, 1.165) is 28.3 Å². The maximum atomic E-state index is 12.8. The van der Waals surface area contributed by atoms with E-state index >= 15 is 0 Å². The molecule has 1 fully saturated rings. The predicted molar refractivity (Wildman–Crippen MR) is 108 cm³/mol. The first kappa shape index (κ1) is 17.7. The molecule has 3 aromatic rings. The third-order valence-electron chi connectivity index (χ3n) is 4.80. The Labute approximate surface area is 163 Å². The molecule has 1 N–H and O–H groups in total. The summed E-state index contributed by atoms with van der Waals surface area (Å²) >= 11 is 0. The molecule has 0 unspecified atom stereocenters. The van der Waals surface area contributed by atoms with E-state index in [1.165, 1.54) is 5.01 Å². The Morgan fingerprint density at radius 2 is 1.75 bits per heavy atom. The van der Waals surface area contributed by atoms with Crippen LogP contribution in [0.25, 0.3) is 11.9 Å². The quantitative estimate of drug-likeness (QED) is 0.567. The van der Waals surface area contributed by atoms with E-state index in [0.29, 0.717) is 5.69 Å². The number of hydrazine groups is 1. The van der Waals surface area contributed by atoms with Gasteiger partial charge in [0.2, 0.25) is 0 Å². The Balaban J connectivity index is 1.71. The maximum absolute atomic E-state index is 12.8. The topological polar surface area (TPSA) is 67.2 Å². The number of pyridine rings is 1. The third-order valence-corrected chi connectivity index (χ3v) is 4.80. The number of carbonyl (C=O) groups excluding carboxylic acids is 2. The highest BCUT2D eigenvalue weighted by molar-refractivity contribution is 6.31. The minimum Gasteiger partial charge on any atom is -0.303 e. The van der Waals surface area contributed by atoms with Crippen LogP contribution in [0.4, 0.5) is 5.69 Å². The second-order valence-corrected chi connectivity index (χ2v) is 6.83. The highest BCUT2D eigenvalue weighted by atomic mass is 16.2. The van der Waals surface area contributed by atoms with Crippen LogP contribution in [-0.2, 0) is 9.59 Å². The predicted octanol–water partition coefficient (Wildman–Crippen LogP) is 3.26. The first-order valence-electron chi connectivity index (χ1n) is 9.00. The molecule has 0 spiro atoms. The number of anilines is 1. The molecule has 140 valence electrons. The fourth-order valence-corrected chi connectivity index (χ4v) is 3.35. The number of hydrogen-bond acceptors (Lipinski definition) is 3. The molecule has 2 amide bonds. The zero-order chi connectivity index (χ0) is 19.8. The van der Waals surface area contributed by atoms with Gasteiger partial charge in [0.05, 0.1) is 5.69 Å². The fraction of sp³-hybridized carbons (Fsp3) is 0.136. The lowest BCUT2D eigenvalue weighted by Crippen LogP contribution is -2.35. The molecule has 1 aliphatic heterocycles. The van der Waals surface area contributed by atoms with E-state index in [1.54, 1.807) is 18.2 Å². The smallest absolute Gasteiger partial charge is 0.282 e. The van der Waals surface area contributed by atoms with Crippen molar-refractivity contribution in [2.75, 3.05) is 5.01 Å². The van der Waals surface area contributed by atoms with E-state index in [9.17, 15) is 9.59 Å². The molecule has 28 heavy (non-hydrogen) atoms. The summed E-state index contributed by atoms with van der Waals surface area (Å²) in [5.41, 5.74) is 7.16. The van der Waals surface area contributed by atoms with Crippen LogP contribution in [0.15, 0.2) is 60.3 Å². The molecule has 3 heterocycles. The molecule has 0 saturated carbocycles. The summed E-state index contributed by atoms with van der Waals surface area (Å²) in [6.45, 7) is 5.92. The van der Waals surface area contributed by atoms with Crippen LogP contribution in [0.3, 0.4) is 0 Å². The molecule has 6 heteroatoms. The summed E-state index contributed by atoms with van der Waals surface area (Å²) in [5.74, 6) is 0.0277. The minimum atomic E-state index is -0.410. The number of amides is 2. The van der Waals surface area contributed by atoms with E-state index in [2.05, 4.69) is 10.4 Å². The number of nitrogens with one attached hydrogen (secondary N) is 1. The lowest BCUT2D eigenvalue weighted by Gasteiger charge is -2.13. The second-order valence-electron chi connectivity index (χ2n) is 6.83. The zero-order valence-corrected chi connectivity index (χ0v) is 15.9. The zero-order valence-electron chi connectivity index (χ0n) is 15.9. The number of para-hydroxylation sites is 1. The Morgan fingerprint density at radius 3 is 2.43 bits per heavy atom. The Bertz CT molecular complexity index is 1100. The monoisotopic (exact) mass is 372 g/mol. The number of carbonyl (C=O) groups is 2. The van der Waals surface area contributed by atoms with Crippen molar-refractivity contribution in [3.05, 3.63) is 82.8 Å². The van der Waals surface area contributed by atoms with Gasteiger partial charge < -0.3 is 4.57 Å². The molecular weight excluding hydrogens is 352 g/mol. The molecule has 2 aromatic heterocycles.